The van der Waals surface area contributed by atoms with Gasteiger partial charge in [-0.25, -0.2) is 4.99 Å². The average Bonchev–Trinajstić information content (AvgIpc) is 2.57. The molecule has 138 valence electrons. The second-order valence-electron chi connectivity index (χ2n) is 6.76. The molecular weight excluding hydrogens is 316 g/mol. The molecule has 2 unspecified atom stereocenters. The summed E-state index contributed by atoms with van der Waals surface area (Å²) in [6.07, 6.45) is 8.79. The molecule has 0 amide bonds. The van der Waals surface area contributed by atoms with Gasteiger partial charge >= 0.3 is 0 Å². The number of aromatic nitrogens is 1. The van der Waals surface area contributed by atoms with Gasteiger partial charge in [0.05, 0.1) is 18.8 Å². The smallest absolute Gasteiger partial charge is 0.191 e. The molecule has 3 rings (SSSR count). The van der Waals surface area contributed by atoms with Crippen molar-refractivity contribution in [2.24, 2.45) is 10.4 Å². The second-order valence-corrected chi connectivity index (χ2v) is 6.76. The third-order valence-electron chi connectivity index (χ3n) is 5.36. The zero-order valence-electron chi connectivity index (χ0n) is 15.3. The van der Waals surface area contributed by atoms with Gasteiger partial charge in [0.25, 0.3) is 0 Å². The Hall–Kier alpha value is -1.82. The van der Waals surface area contributed by atoms with Crippen LogP contribution in [0, 0.1) is 5.41 Å². The van der Waals surface area contributed by atoms with Gasteiger partial charge in [-0.1, -0.05) is 6.42 Å². The van der Waals surface area contributed by atoms with Gasteiger partial charge in [0, 0.05) is 30.8 Å². The maximum atomic E-state index is 5.93. The van der Waals surface area contributed by atoms with Crippen molar-refractivity contribution in [3.63, 3.8) is 0 Å². The van der Waals surface area contributed by atoms with Crippen LogP contribution in [0.1, 0.15) is 39.5 Å². The van der Waals surface area contributed by atoms with Crippen LogP contribution < -0.4 is 15.4 Å². The van der Waals surface area contributed by atoms with E-state index in [1.54, 1.807) is 12.4 Å². The number of aliphatic imine (C=N–C) groups is 1. The van der Waals surface area contributed by atoms with E-state index in [-0.39, 0.29) is 0 Å². The van der Waals surface area contributed by atoms with Crippen LogP contribution in [-0.2, 0) is 4.74 Å². The highest BCUT2D eigenvalue weighted by Gasteiger charge is 2.59. The lowest BCUT2D eigenvalue weighted by Gasteiger charge is -2.61. The lowest BCUT2D eigenvalue weighted by atomic mass is 9.51. The number of rotatable bonds is 8. The summed E-state index contributed by atoms with van der Waals surface area (Å²) in [5, 5.41) is 6.97. The first-order valence-electron chi connectivity index (χ1n) is 9.47. The Morgan fingerprint density at radius 1 is 1.40 bits per heavy atom. The van der Waals surface area contributed by atoms with Crippen LogP contribution in [0.25, 0.3) is 0 Å². The minimum Gasteiger partial charge on any atom is -0.490 e. The molecule has 1 heterocycles. The summed E-state index contributed by atoms with van der Waals surface area (Å²) in [7, 11) is 0. The number of nitrogens with one attached hydrogen (secondary N) is 2. The van der Waals surface area contributed by atoms with Crippen LogP contribution in [0.15, 0.2) is 29.5 Å². The van der Waals surface area contributed by atoms with Gasteiger partial charge < -0.3 is 20.1 Å². The minimum absolute atomic E-state index is 0.332. The van der Waals surface area contributed by atoms with Gasteiger partial charge in [-0.15, -0.1) is 0 Å². The summed E-state index contributed by atoms with van der Waals surface area (Å²) < 4.78 is 11.6. The summed E-state index contributed by atoms with van der Waals surface area (Å²) in [5.41, 5.74) is 0.332. The van der Waals surface area contributed by atoms with Crippen molar-refractivity contribution in [1.29, 1.82) is 0 Å². The molecule has 1 aromatic rings. The van der Waals surface area contributed by atoms with E-state index in [9.17, 15) is 0 Å². The molecular formula is C19H30N4O2. The topological polar surface area (TPSA) is 67.8 Å². The van der Waals surface area contributed by atoms with Crippen molar-refractivity contribution in [2.75, 3.05) is 26.3 Å². The molecule has 0 saturated heterocycles. The zero-order valence-corrected chi connectivity index (χ0v) is 15.3. The first-order chi connectivity index (χ1) is 12.3. The highest BCUT2D eigenvalue weighted by molar-refractivity contribution is 5.80. The summed E-state index contributed by atoms with van der Waals surface area (Å²) in [5.74, 6) is 1.66. The van der Waals surface area contributed by atoms with Gasteiger partial charge in [-0.2, -0.15) is 0 Å². The molecule has 2 N–H and O–H groups in total. The Morgan fingerprint density at radius 3 is 2.92 bits per heavy atom. The van der Waals surface area contributed by atoms with E-state index >= 15 is 0 Å². The Labute approximate surface area is 150 Å². The number of guanidine groups is 1. The van der Waals surface area contributed by atoms with Gasteiger partial charge in [0.15, 0.2) is 5.96 Å². The maximum absolute atomic E-state index is 5.93. The van der Waals surface area contributed by atoms with Crippen molar-refractivity contribution < 1.29 is 9.47 Å². The van der Waals surface area contributed by atoms with E-state index in [0.29, 0.717) is 30.7 Å². The molecule has 6 nitrogen and oxygen atoms in total. The predicted molar refractivity (Wildman–Crippen MR) is 98.9 cm³/mol. The quantitative estimate of drug-likeness (QED) is 0.430. The van der Waals surface area contributed by atoms with Crippen molar-refractivity contribution in [3.8, 4) is 5.75 Å². The van der Waals surface area contributed by atoms with E-state index < -0.39 is 0 Å². The molecule has 2 saturated carbocycles. The van der Waals surface area contributed by atoms with Crippen LogP contribution in [0.3, 0.4) is 0 Å². The van der Waals surface area contributed by atoms with Gasteiger partial charge in [-0.05, 0) is 45.2 Å². The molecule has 25 heavy (non-hydrogen) atoms. The standard InChI is InChI=1S/C19H30N4O2/c1-3-21-18(22-11-12-25-15-7-5-10-20-14-15)23-16-13-17(24-4-2)19(16)8-6-9-19/h5,7,10,14,16-17H,3-4,6,8-9,11-13H2,1-2H3,(H2,21,22,23). The molecule has 1 aromatic heterocycles. The predicted octanol–water partition coefficient (Wildman–Crippen LogP) is 2.36. The third kappa shape index (κ3) is 4.06. The zero-order chi connectivity index (χ0) is 17.5. The average molecular weight is 346 g/mol. The number of hydrogen-bond donors (Lipinski definition) is 2. The second kappa shape index (κ2) is 8.52. The van der Waals surface area contributed by atoms with Crippen LogP contribution in [0.2, 0.25) is 0 Å². The van der Waals surface area contributed by atoms with E-state index in [1.807, 2.05) is 12.1 Å². The highest BCUT2D eigenvalue weighted by Crippen LogP contribution is 2.57. The fourth-order valence-electron chi connectivity index (χ4n) is 3.88. The molecule has 0 radical (unpaired) electrons. The fourth-order valence-corrected chi connectivity index (χ4v) is 3.88. The van der Waals surface area contributed by atoms with E-state index in [1.165, 1.54) is 19.3 Å². The third-order valence-corrected chi connectivity index (χ3v) is 5.36. The molecule has 2 fully saturated rings. The normalized spacial score (nSPS) is 24.3. The van der Waals surface area contributed by atoms with E-state index in [2.05, 4.69) is 34.5 Å². The Morgan fingerprint density at radius 2 is 2.28 bits per heavy atom. The number of pyridine rings is 1. The monoisotopic (exact) mass is 346 g/mol. The van der Waals surface area contributed by atoms with Crippen molar-refractivity contribution in [3.05, 3.63) is 24.5 Å². The first kappa shape index (κ1) is 18.0. The summed E-state index contributed by atoms with van der Waals surface area (Å²) in [6, 6.07) is 4.24. The number of nitrogens with zero attached hydrogens (tertiary/aromatic N) is 2. The van der Waals surface area contributed by atoms with Crippen LogP contribution in [-0.4, -0.2) is 49.4 Å². The van der Waals surface area contributed by atoms with Crippen molar-refractivity contribution >= 4 is 5.96 Å². The minimum atomic E-state index is 0.332. The first-order valence-corrected chi connectivity index (χ1v) is 9.47. The van der Waals surface area contributed by atoms with Crippen molar-refractivity contribution in [1.82, 2.24) is 15.6 Å². The Kier molecular flexibility index (Phi) is 6.13. The van der Waals surface area contributed by atoms with Gasteiger partial charge in [-0.3, -0.25) is 4.98 Å². The lowest BCUT2D eigenvalue weighted by molar-refractivity contribution is -0.168. The highest BCUT2D eigenvalue weighted by atomic mass is 16.5. The lowest BCUT2D eigenvalue weighted by Crippen LogP contribution is -2.68. The van der Waals surface area contributed by atoms with Crippen LogP contribution >= 0.6 is 0 Å². The molecule has 0 bridgehead atoms. The van der Waals surface area contributed by atoms with Crippen molar-refractivity contribution in [2.45, 2.75) is 51.7 Å². The van der Waals surface area contributed by atoms with Crippen LogP contribution in [0.5, 0.6) is 5.75 Å². The number of hydrogen-bond acceptors (Lipinski definition) is 4. The van der Waals surface area contributed by atoms with E-state index in [4.69, 9.17) is 9.47 Å². The molecule has 0 aliphatic heterocycles. The number of ether oxygens (including phenoxy) is 2. The summed E-state index contributed by atoms with van der Waals surface area (Å²) in [6.45, 7) is 6.98. The molecule has 2 atom stereocenters. The fraction of sp³-hybridized carbons (Fsp3) is 0.684. The molecule has 6 heteroatoms. The van der Waals surface area contributed by atoms with Gasteiger partial charge in [0.1, 0.15) is 12.4 Å². The molecule has 1 spiro atoms. The largest absolute Gasteiger partial charge is 0.490 e. The molecule has 2 aliphatic carbocycles. The summed E-state index contributed by atoms with van der Waals surface area (Å²) in [4.78, 5) is 8.70. The molecule has 2 aliphatic rings. The van der Waals surface area contributed by atoms with Gasteiger partial charge in [0.2, 0.25) is 0 Å². The summed E-state index contributed by atoms with van der Waals surface area (Å²) >= 11 is 0. The SMILES string of the molecule is CCNC(=NCCOc1cccnc1)NC1CC(OCC)C12CCC2. The molecule has 0 aromatic carbocycles. The van der Waals surface area contributed by atoms with E-state index in [0.717, 1.165) is 31.3 Å². The maximum Gasteiger partial charge on any atom is 0.191 e. The Bertz CT molecular complexity index is 560. The Balaban J connectivity index is 1.49. The van der Waals surface area contributed by atoms with Crippen LogP contribution in [0.4, 0.5) is 0 Å².